The lowest BCUT2D eigenvalue weighted by atomic mass is 9.83. The van der Waals surface area contributed by atoms with E-state index in [1.165, 1.54) is 24.3 Å². The van der Waals surface area contributed by atoms with E-state index >= 15 is 0 Å². The number of thioether (sulfide) groups is 1. The average Bonchev–Trinajstić information content (AvgIpc) is 2.74. The highest BCUT2D eigenvalue weighted by atomic mass is 32.2. The van der Waals surface area contributed by atoms with Gasteiger partial charge in [-0.3, -0.25) is 4.99 Å². The summed E-state index contributed by atoms with van der Waals surface area (Å²) in [6.45, 7) is 17.3. The molecule has 1 nitrogen and oxygen atoms in total. The molecule has 0 N–H and O–H groups in total. The van der Waals surface area contributed by atoms with Crippen LogP contribution in [-0.4, -0.2) is 31.5 Å². The lowest BCUT2D eigenvalue weighted by Gasteiger charge is -2.44. The van der Waals surface area contributed by atoms with Crippen molar-refractivity contribution in [3.05, 3.63) is 22.5 Å². The number of rotatable bonds is 2. The molecule has 3 rings (SSSR count). The zero-order valence-corrected chi connectivity index (χ0v) is 17.4. The van der Waals surface area contributed by atoms with Crippen molar-refractivity contribution in [3.8, 4) is 0 Å². The molecule has 0 aromatic carbocycles. The molecule has 116 valence electrons. The maximum atomic E-state index is 5.17. The van der Waals surface area contributed by atoms with E-state index in [0.717, 1.165) is 0 Å². The normalized spacial score (nSPS) is 35.9. The smallest absolute Gasteiger partial charge is 0.0983 e. The van der Waals surface area contributed by atoms with E-state index in [1.54, 1.807) is 10.4 Å². The summed E-state index contributed by atoms with van der Waals surface area (Å²) in [6.07, 6.45) is 9.26. The van der Waals surface area contributed by atoms with Crippen molar-refractivity contribution >= 4 is 33.0 Å². The molecule has 3 aliphatic rings. The summed E-state index contributed by atoms with van der Waals surface area (Å²) in [6, 6.07) is 0. The first-order valence-electron chi connectivity index (χ1n) is 8.22. The molecule has 2 atom stereocenters. The quantitative estimate of drug-likeness (QED) is 0.613. The van der Waals surface area contributed by atoms with Gasteiger partial charge >= 0.3 is 0 Å². The van der Waals surface area contributed by atoms with E-state index in [9.17, 15) is 0 Å². The summed E-state index contributed by atoms with van der Waals surface area (Å²) < 4.78 is 0.260. The van der Waals surface area contributed by atoms with Crippen molar-refractivity contribution in [1.82, 2.24) is 0 Å². The Morgan fingerprint density at radius 1 is 0.952 bits per heavy atom. The van der Waals surface area contributed by atoms with E-state index in [1.807, 2.05) is 0 Å². The fourth-order valence-corrected chi connectivity index (χ4v) is 11.2. The van der Waals surface area contributed by atoms with Crippen LogP contribution in [0.5, 0.6) is 0 Å². The third-order valence-electron chi connectivity index (χ3n) is 5.19. The summed E-state index contributed by atoms with van der Waals surface area (Å²) in [5.41, 5.74) is 0.0977. The Balaban J connectivity index is 2.23. The Morgan fingerprint density at radius 3 is 2.10 bits per heavy atom. The molecule has 4 heteroatoms. The Labute approximate surface area is 136 Å². The fourth-order valence-electron chi connectivity index (χ4n) is 4.23. The first kappa shape index (κ1) is 15.8. The summed E-state index contributed by atoms with van der Waals surface area (Å²) in [5, 5.41) is 4.77. The zero-order valence-electron chi connectivity index (χ0n) is 14.6. The van der Waals surface area contributed by atoms with Gasteiger partial charge in [-0.05, 0) is 26.2 Å². The molecule has 1 fully saturated rings. The van der Waals surface area contributed by atoms with Crippen LogP contribution in [0.2, 0.25) is 39.3 Å². The van der Waals surface area contributed by atoms with Gasteiger partial charge in [0.05, 0.1) is 31.5 Å². The topological polar surface area (TPSA) is 12.4 Å². The van der Waals surface area contributed by atoms with Gasteiger partial charge in [0.15, 0.2) is 0 Å². The van der Waals surface area contributed by atoms with Crippen LogP contribution in [0.15, 0.2) is 27.5 Å². The standard InChI is InChI=1S/C17H29NSSi2/c1-13-18-16-9-8-10-17(16,19-13)12-15(21(5,6)7)14(11-16)20(2,3)4/h11-12H,8-10H2,1-7H3/t16-,17+/m0/s1. The molecule has 2 aliphatic carbocycles. The number of nitrogens with zero attached hydrogens (tertiary/aromatic N) is 1. The Morgan fingerprint density at radius 2 is 1.52 bits per heavy atom. The van der Waals surface area contributed by atoms with Crippen molar-refractivity contribution in [2.75, 3.05) is 0 Å². The zero-order chi connectivity index (χ0) is 15.7. The van der Waals surface area contributed by atoms with E-state index in [0.29, 0.717) is 0 Å². The van der Waals surface area contributed by atoms with Crippen LogP contribution in [0.3, 0.4) is 0 Å². The van der Waals surface area contributed by atoms with Crippen LogP contribution in [0.25, 0.3) is 0 Å². The molecule has 0 amide bonds. The number of aliphatic imine (C=N–C) groups is 1. The SMILES string of the molecule is CC1=N[C@@]23C=C([Si](C)(C)C)C([Si](C)(C)C)=C[C@@]2(CCC3)S1. The van der Waals surface area contributed by atoms with Gasteiger partial charge < -0.3 is 0 Å². The Kier molecular flexibility index (Phi) is 3.37. The van der Waals surface area contributed by atoms with E-state index < -0.39 is 16.1 Å². The number of hydrogen-bond donors (Lipinski definition) is 0. The summed E-state index contributed by atoms with van der Waals surface area (Å²) in [7, 11) is -2.65. The Bertz CT molecular complexity index is 577. The lowest BCUT2D eigenvalue weighted by Crippen LogP contribution is -2.48. The summed E-state index contributed by atoms with van der Waals surface area (Å²) in [5.74, 6) is 0. The minimum absolute atomic E-state index is 0.0977. The third kappa shape index (κ3) is 2.29. The van der Waals surface area contributed by atoms with Crippen molar-refractivity contribution in [2.24, 2.45) is 4.99 Å². The van der Waals surface area contributed by atoms with Gasteiger partial charge in [0.25, 0.3) is 0 Å². The van der Waals surface area contributed by atoms with E-state index in [-0.39, 0.29) is 10.3 Å². The molecular formula is C17H29NSSi2. The van der Waals surface area contributed by atoms with Gasteiger partial charge in [0, 0.05) is 0 Å². The molecule has 0 aromatic rings. The maximum Gasteiger partial charge on any atom is 0.0983 e. The van der Waals surface area contributed by atoms with Gasteiger partial charge in [-0.15, -0.1) is 0 Å². The molecule has 0 aromatic heterocycles. The van der Waals surface area contributed by atoms with Crippen molar-refractivity contribution in [2.45, 2.75) is 75.8 Å². The first-order valence-corrected chi connectivity index (χ1v) is 16.0. The second-order valence-corrected chi connectivity index (χ2v) is 20.6. The minimum atomic E-state index is -1.33. The van der Waals surface area contributed by atoms with Crippen LogP contribution in [0.4, 0.5) is 0 Å². The van der Waals surface area contributed by atoms with Crippen molar-refractivity contribution in [3.63, 3.8) is 0 Å². The summed E-state index contributed by atoms with van der Waals surface area (Å²) >= 11 is 2.06. The fraction of sp³-hybridized carbons (Fsp3) is 0.706. The molecule has 0 radical (unpaired) electrons. The highest BCUT2D eigenvalue weighted by molar-refractivity contribution is 8.15. The van der Waals surface area contributed by atoms with Crippen LogP contribution in [-0.2, 0) is 0 Å². The average molecular weight is 336 g/mol. The number of allylic oxidation sites excluding steroid dienone is 2. The molecule has 0 bridgehead atoms. The molecule has 1 heterocycles. The molecule has 0 spiro atoms. The predicted molar refractivity (Wildman–Crippen MR) is 103 cm³/mol. The second-order valence-electron chi connectivity index (χ2n) is 9.02. The highest BCUT2D eigenvalue weighted by Crippen LogP contribution is 2.61. The van der Waals surface area contributed by atoms with Crippen molar-refractivity contribution < 1.29 is 0 Å². The van der Waals surface area contributed by atoms with Crippen molar-refractivity contribution in [1.29, 1.82) is 0 Å². The van der Waals surface area contributed by atoms with Gasteiger partial charge in [0.1, 0.15) is 0 Å². The molecular weight excluding hydrogens is 306 g/mol. The van der Waals surface area contributed by atoms with E-state index in [4.69, 9.17) is 4.99 Å². The highest BCUT2D eigenvalue weighted by Gasteiger charge is 2.59. The van der Waals surface area contributed by atoms with Crippen LogP contribution in [0, 0.1) is 0 Å². The Hall–Kier alpha value is -0.0662. The van der Waals surface area contributed by atoms with Crippen LogP contribution < -0.4 is 0 Å². The lowest BCUT2D eigenvalue weighted by molar-refractivity contribution is 0.502. The van der Waals surface area contributed by atoms with Gasteiger partial charge in [-0.2, -0.15) is 0 Å². The van der Waals surface area contributed by atoms with Gasteiger partial charge in [0.2, 0.25) is 0 Å². The minimum Gasteiger partial charge on any atom is -0.271 e. The molecule has 21 heavy (non-hydrogen) atoms. The number of hydrogen-bond acceptors (Lipinski definition) is 2. The maximum absolute atomic E-state index is 5.17. The molecule has 1 aliphatic heterocycles. The predicted octanol–water partition coefficient (Wildman–Crippen LogP) is 5.43. The first-order chi connectivity index (χ1) is 9.49. The summed E-state index contributed by atoms with van der Waals surface area (Å²) in [4.78, 5) is 5.17. The third-order valence-corrected chi connectivity index (χ3v) is 10.9. The van der Waals surface area contributed by atoms with Gasteiger partial charge in [-0.25, -0.2) is 0 Å². The largest absolute Gasteiger partial charge is 0.271 e. The molecule has 1 saturated carbocycles. The molecule has 0 saturated heterocycles. The second kappa shape index (κ2) is 4.48. The van der Waals surface area contributed by atoms with Crippen LogP contribution in [0.1, 0.15) is 26.2 Å². The molecule has 0 unspecified atom stereocenters. The van der Waals surface area contributed by atoms with Gasteiger partial charge in [-0.1, -0.05) is 73.6 Å². The van der Waals surface area contributed by atoms with E-state index in [2.05, 4.69) is 70.1 Å². The monoisotopic (exact) mass is 335 g/mol. The van der Waals surface area contributed by atoms with Crippen LogP contribution >= 0.6 is 11.8 Å².